The Balaban J connectivity index is 2.72. The van der Waals surface area contributed by atoms with E-state index in [1.165, 1.54) is 19.9 Å². The standard InChI is InChI=1S/C12H12O3/c1-9(13)3-4-11-5-7-12(8-6-11)15-10(2)14/h3-8H,1-2H3/b4-3+. The van der Waals surface area contributed by atoms with Gasteiger partial charge in [0.2, 0.25) is 0 Å². The largest absolute Gasteiger partial charge is 0.427 e. The molecule has 15 heavy (non-hydrogen) atoms. The van der Waals surface area contributed by atoms with Crippen molar-refractivity contribution in [2.45, 2.75) is 13.8 Å². The van der Waals surface area contributed by atoms with Crippen molar-refractivity contribution in [3.63, 3.8) is 0 Å². The van der Waals surface area contributed by atoms with E-state index in [9.17, 15) is 9.59 Å². The number of esters is 1. The van der Waals surface area contributed by atoms with Crippen molar-refractivity contribution in [1.82, 2.24) is 0 Å². The van der Waals surface area contributed by atoms with Crippen molar-refractivity contribution >= 4 is 17.8 Å². The zero-order valence-corrected chi connectivity index (χ0v) is 8.69. The molecule has 0 bridgehead atoms. The number of carbonyl (C=O) groups excluding carboxylic acids is 2. The van der Waals surface area contributed by atoms with E-state index < -0.39 is 0 Å². The summed E-state index contributed by atoms with van der Waals surface area (Å²) in [5.41, 5.74) is 0.890. The first-order valence-corrected chi connectivity index (χ1v) is 4.55. The summed E-state index contributed by atoms with van der Waals surface area (Å²) in [7, 11) is 0. The molecular weight excluding hydrogens is 192 g/mol. The number of rotatable bonds is 3. The first-order chi connectivity index (χ1) is 7.08. The molecule has 1 rings (SSSR count). The summed E-state index contributed by atoms with van der Waals surface area (Å²) in [6, 6.07) is 6.91. The molecule has 0 aromatic heterocycles. The molecule has 3 heteroatoms. The van der Waals surface area contributed by atoms with Gasteiger partial charge in [-0.25, -0.2) is 0 Å². The molecule has 0 saturated heterocycles. The van der Waals surface area contributed by atoms with Crippen LogP contribution in [-0.2, 0) is 9.59 Å². The van der Waals surface area contributed by atoms with Crippen LogP contribution in [0.3, 0.4) is 0 Å². The van der Waals surface area contributed by atoms with Crippen molar-refractivity contribution in [3.05, 3.63) is 35.9 Å². The van der Waals surface area contributed by atoms with Gasteiger partial charge >= 0.3 is 5.97 Å². The SMILES string of the molecule is CC(=O)/C=C/c1ccc(OC(C)=O)cc1. The fourth-order valence-corrected chi connectivity index (χ4v) is 1.03. The molecule has 3 nitrogen and oxygen atoms in total. The van der Waals surface area contributed by atoms with Gasteiger partial charge in [-0.1, -0.05) is 18.2 Å². The average Bonchev–Trinajstić information content (AvgIpc) is 2.16. The maximum atomic E-state index is 10.7. The summed E-state index contributed by atoms with van der Waals surface area (Å²) in [4.78, 5) is 21.3. The van der Waals surface area contributed by atoms with E-state index in [0.29, 0.717) is 5.75 Å². The summed E-state index contributed by atoms with van der Waals surface area (Å²) < 4.78 is 4.86. The topological polar surface area (TPSA) is 43.4 Å². The monoisotopic (exact) mass is 204 g/mol. The van der Waals surface area contributed by atoms with Gasteiger partial charge < -0.3 is 4.74 Å². The lowest BCUT2D eigenvalue weighted by Crippen LogP contribution is -2.00. The summed E-state index contributed by atoms with van der Waals surface area (Å²) in [5, 5.41) is 0. The number of ketones is 1. The predicted octanol–water partition coefficient (Wildman–Crippen LogP) is 2.21. The van der Waals surface area contributed by atoms with Gasteiger partial charge in [0.05, 0.1) is 0 Å². The number of allylic oxidation sites excluding steroid dienone is 1. The number of carbonyl (C=O) groups is 2. The van der Waals surface area contributed by atoms with Crippen molar-refractivity contribution in [2.24, 2.45) is 0 Å². The molecule has 0 aliphatic rings. The Morgan fingerprint density at radius 2 is 1.73 bits per heavy atom. The highest BCUT2D eigenvalue weighted by atomic mass is 16.5. The van der Waals surface area contributed by atoms with Crippen LogP contribution < -0.4 is 4.74 Å². The molecule has 1 aromatic rings. The molecule has 0 heterocycles. The van der Waals surface area contributed by atoms with Gasteiger partial charge in [-0.05, 0) is 30.7 Å². The van der Waals surface area contributed by atoms with E-state index in [1.807, 2.05) is 0 Å². The predicted molar refractivity (Wildman–Crippen MR) is 57.5 cm³/mol. The summed E-state index contributed by atoms with van der Waals surface area (Å²) in [5.74, 6) is 0.156. The van der Waals surface area contributed by atoms with Crippen LogP contribution >= 0.6 is 0 Å². The Hall–Kier alpha value is -1.90. The van der Waals surface area contributed by atoms with Crippen molar-refractivity contribution in [1.29, 1.82) is 0 Å². The lowest BCUT2D eigenvalue weighted by molar-refractivity contribution is -0.131. The molecule has 0 aliphatic carbocycles. The van der Waals surface area contributed by atoms with E-state index in [2.05, 4.69) is 0 Å². The average molecular weight is 204 g/mol. The second-order valence-electron chi connectivity index (χ2n) is 3.11. The Morgan fingerprint density at radius 1 is 1.13 bits per heavy atom. The van der Waals surface area contributed by atoms with Crippen LogP contribution in [0.5, 0.6) is 5.75 Å². The molecule has 0 spiro atoms. The van der Waals surface area contributed by atoms with E-state index >= 15 is 0 Å². The van der Waals surface area contributed by atoms with Crippen LogP contribution in [-0.4, -0.2) is 11.8 Å². The minimum absolute atomic E-state index is 0.000868. The zero-order valence-electron chi connectivity index (χ0n) is 8.69. The van der Waals surface area contributed by atoms with Crippen molar-refractivity contribution in [2.75, 3.05) is 0 Å². The smallest absolute Gasteiger partial charge is 0.308 e. The maximum absolute atomic E-state index is 10.7. The summed E-state index contributed by atoms with van der Waals surface area (Å²) in [6.45, 7) is 2.84. The quantitative estimate of drug-likeness (QED) is 0.430. The van der Waals surface area contributed by atoms with Crippen LogP contribution in [0.15, 0.2) is 30.3 Å². The fourth-order valence-electron chi connectivity index (χ4n) is 1.03. The molecule has 0 atom stereocenters. The first kappa shape index (κ1) is 11.2. The maximum Gasteiger partial charge on any atom is 0.308 e. The molecule has 0 N–H and O–H groups in total. The number of benzene rings is 1. The second kappa shape index (κ2) is 5.10. The Labute approximate surface area is 88.4 Å². The van der Waals surface area contributed by atoms with Crippen LogP contribution in [0.1, 0.15) is 19.4 Å². The number of ether oxygens (including phenoxy) is 1. The van der Waals surface area contributed by atoms with Gasteiger partial charge in [-0.15, -0.1) is 0 Å². The summed E-state index contributed by atoms with van der Waals surface area (Å²) >= 11 is 0. The third-order valence-electron chi connectivity index (χ3n) is 1.65. The molecule has 0 fully saturated rings. The minimum Gasteiger partial charge on any atom is -0.427 e. The van der Waals surface area contributed by atoms with Gasteiger partial charge in [0.1, 0.15) is 5.75 Å². The van der Waals surface area contributed by atoms with Gasteiger partial charge in [0.15, 0.2) is 5.78 Å². The van der Waals surface area contributed by atoms with Gasteiger partial charge in [0.25, 0.3) is 0 Å². The van der Waals surface area contributed by atoms with Crippen LogP contribution in [0.25, 0.3) is 6.08 Å². The lowest BCUT2D eigenvalue weighted by atomic mass is 10.2. The number of hydrogen-bond donors (Lipinski definition) is 0. The van der Waals surface area contributed by atoms with Crippen molar-refractivity contribution in [3.8, 4) is 5.75 Å². The highest BCUT2D eigenvalue weighted by molar-refractivity contribution is 5.91. The highest BCUT2D eigenvalue weighted by Gasteiger charge is 1.96. The van der Waals surface area contributed by atoms with E-state index in [-0.39, 0.29) is 11.8 Å². The molecule has 0 saturated carbocycles. The Bertz CT molecular complexity index is 388. The van der Waals surface area contributed by atoms with Crippen molar-refractivity contribution < 1.29 is 14.3 Å². The van der Waals surface area contributed by atoms with Gasteiger partial charge in [0, 0.05) is 6.92 Å². The molecule has 0 unspecified atom stereocenters. The van der Waals surface area contributed by atoms with Crippen LogP contribution in [0, 0.1) is 0 Å². The summed E-state index contributed by atoms with van der Waals surface area (Å²) in [6.07, 6.45) is 3.20. The van der Waals surface area contributed by atoms with Gasteiger partial charge in [-0.2, -0.15) is 0 Å². The molecule has 78 valence electrons. The van der Waals surface area contributed by atoms with E-state index in [1.54, 1.807) is 30.3 Å². The minimum atomic E-state index is -0.345. The molecule has 1 aromatic carbocycles. The molecule has 0 aliphatic heterocycles. The van der Waals surface area contributed by atoms with Crippen LogP contribution in [0.4, 0.5) is 0 Å². The van der Waals surface area contributed by atoms with E-state index in [4.69, 9.17) is 4.74 Å². The lowest BCUT2D eigenvalue weighted by Gasteiger charge is -2.00. The Morgan fingerprint density at radius 3 is 2.20 bits per heavy atom. The van der Waals surface area contributed by atoms with Crippen LogP contribution in [0.2, 0.25) is 0 Å². The Kier molecular flexibility index (Phi) is 3.80. The van der Waals surface area contributed by atoms with E-state index in [0.717, 1.165) is 5.56 Å². The normalized spacial score (nSPS) is 10.3. The third kappa shape index (κ3) is 4.22. The molecular formula is C12H12O3. The van der Waals surface area contributed by atoms with Gasteiger partial charge in [-0.3, -0.25) is 9.59 Å². The first-order valence-electron chi connectivity index (χ1n) is 4.55. The molecule has 0 radical (unpaired) electrons. The number of hydrogen-bond acceptors (Lipinski definition) is 3. The fraction of sp³-hybridized carbons (Fsp3) is 0.167. The molecule has 0 amide bonds. The zero-order chi connectivity index (χ0) is 11.3. The highest BCUT2D eigenvalue weighted by Crippen LogP contribution is 2.13. The second-order valence-corrected chi connectivity index (χ2v) is 3.11. The third-order valence-corrected chi connectivity index (χ3v) is 1.65.